The Morgan fingerprint density at radius 2 is 1.62 bits per heavy atom. The van der Waals surface area contributed by atoms with Crippen LogP contribution < -0.4 is 19.5 Å². The highest BCUT2D eigenvalue weighted by atomic mass is 79.9. The van der Waals surface area contributed by atoms with Gasteiger partial charge in [-0.25, -0.2) is 8.42 Å². The molecule has 0 unspecified atom stereocenters. The molecule has 0 aliphatic heterocycles. The fourth-order valence-electron chi connectivity index (χ4n) is 2.81. The molecule has 3 aromatic rings. The minimum Gasteiger partial charge on any atom is -0.497 e. The van der Waals surface area contributed by atoms with Crippen LogP contribution >= 0.6 is 15.9 Å². The number of amides is 1. The Bertz CT molecular complexity index is 1180. The zero-order valence-electron chi connectivity index (χ0n) is 17.6. The minimum absolute atomic E-state index is 0.0701. The fraction of sp³-hybridized carbons (Fsp3) is 0.174. The number of carbonyl (C=O) groups excluding carboxylic acids is 1. The average molecular weight is 519 g/mol. The number of methoxy groups -OCH3 is 1. The fourth-order valence-corrected chi connectivity index (χ4v) is 4.23. The summed E-state index contributed by atoms with van der Waals surface area (Å²) >= 11 is 3.37. The van der Waals surface area contributed by atoms with Crippen molar-refractivity contribution in [3.8, 4) is 11.5 Å². The highest BCUT2D eigenvalue weighted by Gasteiger charge is 2.16. The summed E-state index contributed by atoms with van der Waals surface area (Å²) in [5.74, 6) is 0.751. The van der Waals surface area contributed by atoms with Gasteiger partial charge in [0.05, 0.1) is 24.2 Å². The van der Waals surface area contributed by atoms with Gasteiger partial charge < -0.3 is 14.8 Å². The maximum absolute atomic E-state index is 12.8. The van der Waals surface area contributed by atoms with Crippen LogP contribution in [0.3, 0.4) is 0 Å². The van der Waals surface area contributed by atoms with E-state index in [-0.39, 0.29) is 10.8 Å². The van der Waals surface area contributed by atoms with Crippen LogP contribution in [-0.2, 0) is 10.0 Å². The number of sulfonamides is 1. The van der Waals surface area contributed by atoms with Gasteiger partial charge in [0.25, 0.3) is 15.9 Å². The lowest BCUT2D eigenvalue weighted by molar-refractivity contribution is 0.102. The Balaban J connectivity index is 1.73. The molecule has 0 aliphatic rings. The van der Waals surface area contributed by atoms with Crippen LogP contribution in [0.4, 0.5) is 11.4 Å². The molecule has 0 bridgehead atoms. The number of ether oxygens (including phenoxy) is 2. The van der Waals surface area contributed by atoms with E-state index in [1.54, 1.807) is 42.5 Å². The van der Waals surface area contributed by atoms with Crippen molar-refractivity contribution >= 4 is 43.2 Å². The lowest BCUT2D eigenvalue weighted by Gasteiger charge is -2.12. The first-order valence-corrected chi connectivity index (χ1v) is 12.1. The Hall–Kier alpha value is -3.04. The molecule has 0 spiro atoms. The second-order valence-corrected chi connectivity index (χ2v) is 9.40. The number of carbonyl (C=O) groups is 1. The van der Waals surface area contributed by atoms with Crippen molar-refractivity contribution in [1.29, 1.82) is 0 Å². The maximum Gasteiger partial charge on any atom is 0.261 e. The van der Waals surface area contributed by atoms with E-state index in [0.29, 0.717) is 35.0 Å². The summed E-state index contributed by atoms with van der Waals surface area (Å²) in [6, 6.07) is 17.7. The van der Waals surface area contributed by atoms with Crippen molar-refractivity contribution in [2.24, 2.45) is 0 Å². The monoisotopic (exact) mass is 518 g/mol. The smallest absolute Gasteiger partial charge is 0.261 e. The summed E-state index contributed by atoms with van der Waals surface area (Å²) in [6.45, 7) is 2.48. The van der Waals surface area contributed by atoms with Crippen LogP contribution in [0.15, 0.2) is 76.1 Å². The third-order valence-electron chi connectivity index (χ3n) is 4.41. The van der Waals surface area contributed by atoms with Crippen LogP contribution in [-0.4, -0.2) is 28.0 Å². The number of benzene rings is 3. The molecule has 32 heavy (non-hydrogen) atoms. The van der Waals surface area contributed by atoms with Crippen molar-refractivity contribution in [3.05, 3.63) is 76.8 Å². The number of nitrogens with one attached hydrogen (secondary N) is 2. The lowest BCUT2D eigenvalue weighted by Crippen LogP contribution is -2.15. The standard InChI is InChI=1S/C23H23BrN2O5S/c1-3-14-31-22-13-4-16(24)15-21(22)23(27)25-17-7-11-20(12-8-17)32(28,29)26-18-5-9-19(30-2)10-6-18/h4-13,15,26H,3,14H2,1-2H3,(H,25,27). The summed E-state index contributed by atoms with van der Waals surface area (Å²) in [4.78, 5) is 12.8. The zero-order chi connectivity index (χ0) is 23.1. The Labute approximate surface area is 195 Å². The molecular weight excluding hydrogens is 496 g/mol. The number of hydrogen-bond acceptors (Lipinski definition) is 5. The normalized spacial score (nSPS) is 11.0. The van der Waals surface area contributed by atoms with Crippen molar-refractivity contribution < 1.29 is 22.7 Å². The summed E-state index contributed by atoms with van der Waals surface area (Å²) in [6.07, 6.45) is 0.817. The molecule has 0 heterocycles. The average Bonchev–Trinajstić information content (AvgIpc) is 2.79. The van der Waals surface area contributed by atoms with Crippen molar-refractivity contribution in [2.45, 2.75) is 18.2 Å². The highest BCUT2D eigenvalue weighted by molar-refractivity contribution is 9.10. The van der Waals surface area contributed by atoms with Gasteiger partial charge in [-0.15, -0.1) is 0 Å². The second kappa shape index (κ2) is 10.5. The van der Waals surface area contributed by atoms with Gasteiger partial charge in [-0.3, -0.25) is 9.52 Å². The third kappa shape index (κ3) is 6.02. The van der Waals surface area contributed by atoms with E-state index in [4.69, 9.17) is 9.47 Å². The quantitative estimate of drug-likeness (QED) is 0.400. The molecule has 0 aromatic heterocycles. The summed E-state index contributed by atoms with van der Waals surface area (Å²) in [7, 11) is -2.25. The van der Waals surface area contributed by atoms with E-state index in [2.05, 4.69) is 26.0 Å². The number of rotatable bonds is 9. The summed E-state index contributed by atoms with van der Waals surface area (Å²) in [5.41, 5.74) is 1.25. The van der Waals surface area contributed by atoms with Gasteiger partial charge in [-0.1, -0.05) is 22.9 Å². The van der Waals surface area contributed by atoms with E-state index >= 15 is 0 Å². The summed E-state index contributed by atoms with van der Waals surface area (Å²) < 4.78 is 39.3. The van der Waals surface area contributed by atoms with Crippen LogP contribution in [0.1, 0.15) is 23.7 Å². The molecule has 3 rings (SSSR count). The molecular formula is C23H23BrN2O5S. The highest BCUT2D eigenvalue weighted by Crippen LogP contribution is 2.25. The van der Waals surface area contributed by atoms with Gasteiger partial charge >= 0.3 is 0 Å². The number of hydrogen-bond donors (Lipinski definition) is 2. The van der Waals surface area contributed by atoms with E-state index in [1.807, 2.05) is 6.92 Å². The molecule has 9 heteroatoms. The van der Waals surface area contributed by atoms with Crippen LogP contribution in [0.25, 0.3) is 0 Å². The molecule has 2 N–H and O–H groups in total. The minimum atomic E-state index is -3.78. The summed E-state index contributed by atoms with van der Waals surface area (Å²) in [5, 5.41) is 2.77. The van der Waals surface area contributed by atoms with Gasteiger partial charge in [-0.2, -0.15) is 0 Å². The van der Waals surface area contributed by atoms with E-state index < -0.39 is 10.0 Å². The predicted octanol–water partition coefficient (Wildman–Crippen LogP) is 5.30. The molecule has 0 saturated heterocycles. The predicted molar refractivity (Wildman–Crippen MR) is 128 cm³/mol. The Morgan fingerprint density at radius 1 is 0.969 bits per heavy atom. The molecule has 1 amide bonds. The number of halogens is 1. The molecule has 0 radical (unpaired) electrons. The Morgan fingerprint density at radius 3 is 2.25 bits per heavy atom. The van der Waals surface area contributed by atoms with Gasteiger partial charge in [0.2, 0.25) is 0 Å². The zero-order valence-corrected chi connectivity index (χ0v) is 20.0. The lowest BCUT2D eigenvalue weighted by atomic mass is 10.2. The molecule has 0 aliphatic carbocycles. The molecule has 7 nitrogen and oxygen atoms in total. The first-order chi connectivity index (χ1) is 15.3. The van der Waals surface area contributed by atoms with E-state index in [9.17, 15) is 13.2 Å². The van der Waals surface area contributed by atoms with E-state index in [0.717, 1.165) is 10.9 Å². The van der Waals surface area contributed by atoms with E-state index in [1.165, 1.54) is 31.4 Å². The van der Waals surface area contributed by atoms with Crippen LogP contribution in [0, 0.1) is 0 Å². The van der Waals surface area contributed by atoms with Crippen LogP contribution in [0.5, 0.6) is 11.5 Å². The van der Waals surface area contributed by atoms with Gasteiger partial charge in [0.15, 0.2) is 0 Å². The second-order valence-electron chi connectivity index (χ2n) is 6.80. The van der Waals surface area contributed by atoms with Gasteiger partial charge in [0.1, 0.15) is 11.5 Å². The first-order valence-electron chi connectivity index (χ1n) is 9.83. The third-order valence-corrected chi connectivity index (χ3v) is 6.30. The maximum atomic E-state index is 12.8. The Kier molecular flexibility index (Phi) is 7.76. The topological polar surface area (TPSA) is 93.7 Å². The number of anilines is 2. The van der Waals surface area contributed by atoms with Crippen molar-refractivity contribution in [1.82, 2.24) is 0 Å². The van der Waals surface area contributed by atoms with Gasteiger partial charge in [-0.05, 0) is 73.2 Å². The van der Waals surface area contributed by atoms with Crippen LogP contribution in [0.2, 0.25) is 0 Å². The molecule has 0 saturated carbocycles. The molecule has 3 aromatic carbocycles. The largest absolute Gasteiger partial charge is 0.497 e. The van der Waals surface area contributed by atoms with Crippen molar-refractivity contribution in [2.75, 3.05) is 23.8 Å². The van der Waals surface area contributed by atoms with Gasteiger partial charge in [0, 0.05) is 15.8 Å². The molecule has 0 atom stereocenters. The molecule has 168 valence electrons. The molecule has 0 fully saturated rings. The first kappa shape index (κ1) is 23.6. The van der Waals surface area contributed by atoms with Crippen molar-refractivity contribution in [3.63, 3.8) is 0 Å². The SMILES string of the molecule is CCCOc1ccc(Br)cc1C(=O)Nc1ccc(S(=O)(=O)Nc2ccc(OC)cc2)cc1.